The number of rotatable bonds is 8. The second-order valence-electron chi connectivity index (χ2n) is 5.52. The Balaban J connectivity index is 2.39. The third-order valence-corrected chi connectivity index (χ3v) is 3.10. The molecule has 0 spiro atoms. The molecule has 0 fully saturated rings. The van der Waals surface area contributed by atoms with E-state index in [2.05, 4.69) is 5.32 Å². The van der Waals surface area contributed by atoms with Crippen LogP contribution in [0.5, 0.6) is 5.75 Å². The predicted molar refractivity (Wildman–Crippen MR) is 80.3 cm³/mol. The molecule has 21 heavy (non-hydrogen) atoms. The van der Waals surface area contributed by atoms with Gasteiger partial charge in [-0.3, -0.25) is 9.59 Å². The van der Waals surface area contributed by atoms with Crippen molar-refractivity contribution in [3.05, 3.63) is 29.8 Å². The summed E-state index contributed by atoms with van der Waals surface area (Å²) in [4.78, 5) is 22.8. The van der Waals surface area contributed by atoms with Crippen LogP contribution in [0.15, 0.2) is 24.3 Å². The van der Waals surface area contributed by atoms with Crippen molar-refractivity contribution in [1.82, 2.24) is 5.32 Å². The van der Waals surface area contributed by atoms with Gasteiger partial charge in [-0.15, -0.1) is 0 Å². The first-order valence-electron chi connectivity index (χ1n) is 7.08. The maximum Gasteiger partial charge on any atom is 0.308 e. The number of hydrogen-bond acceptors (Lipinski definition) is 3. The third-order valence-electron chi connectivity index (χ3n) is 3.10. The number of amides is 1. The van der Waals surface area contributed by atoms with E-state index in [0.717, 1.165) is 5.56 Å². The molecule has 2 N–H and O–H groups in total. The Morgan fingerprint density at radius 3 is 2.52 bits per heavy atom. The second-order valence-corrected chi connectivity index (χ2v) is 5.52. The molecule has 1 rings (SSSR count). The fraction of sp³-hybridized carbons (Fsp3) is 0.500. The lowest BCUT2D eigenvalue weighted by molar-refractivity contribution is -0.142. The van der Waals surface area contributed by atoms with Gasteiger partial charge in [-0.25, -0.2) is 0 Å². The SMILES string of the molecule is Cc1ccccc1OCC(=O)NCC(CC(C)C)C(=O)O. The Labute approximate surface area is 125 Å². The first-order chi connectivity index (χ1) is 9.90. The van der Waals surface area contributed by atoms with Gasteiger partial charge in [0.05, 0.1) is 5.92 Å². The zero-order valence-corrected chi connectivity index (χ0v) is 12.8. The van der Waals surface area contributed by atoms with Gasteiger partial charge in [-0.05, 0) is 30.9 Å². The molecule has 0 bridgehead atoms. The number of hydrogen-bond donors (Lipinski definition) is 2. The maximum atomic E-state index is 11.7. The average Bonchev–Trinajstić information content (AvgIpc) is 2.41. The van der Waals surface area contributed by atoms with Crippen LogP contribution in [0, 0.1) is 18.8 Å². The first-order valence-corrected chi connectivity index (χ1v) is 7.08. The van der Waals surface area contributed by atoms with Gasteiger partial charge in [0.25, 0.3) is 5.91 Å². The quantitative estimate of drug-likeness (QED) is 0.770. The van der Waals surface area contributed by atoms with Gasteiger partial charge >= 0.3 is 5.97 Å². The highest BCUT2D eigenvalue weighted by Gasteiger charge is 2.19. The summed E-state index contributed by atoms with van der Waals surface area (Å²) in [5.41, 5.74) is 0.952. The smallest absolute Gasteiger partial charge is 0.308 e. The molecule has 1 aromatic carbocycles. The molecule has 1 aromatic rings. The summed E-state index contributed by atoms with van der Waals surface area (Å²) >= 11 is 0. The van der Waals surface area contributed by atoms with Crippen LogP contribution >= 0.6 is 0 Å². The van der Waals surface area contributed by atoms with Crippen LogP contribution in [0.3, 0.4) is 0 Å². The van der Waals surface area contributed by atoms with E-state index in [1.165, 1.54) is 0 Å². The van der Waals surface area contributed by atoms with E-state index in [0.29, 0.717) is 12.2 Å². The van der Waals surface area contributed by atoms with Crippen LogP contribution in [0.2, 0.25) is 0 Å². The zero-order chi connectivity index (χ0) is 15.8. The highest BCUT2D eigenvalue weighted by atomic mass is 16.5. The molecule has 116 valence electrons. The van der Waals surface area contributed by atoms with Crippen LogP contribution in [0.1, 0.15) is 25.8 Å². The summed E-state index contributed by atoms with van der Waals surface area (Å²) < 4.78 is 5.41. The van der Waals surface area contributed by atoms with E-state index in [1.807, 2.05) is 39.0 Å². The number of carboxylic acid groups (broad SMARTS) is 1. The van der Waals surface area contributed by atoms with Crippen molar-refractivity contribution < 1.29 is 19.4 Å². The number of ether oxygens (including phenoxy) is 1. The van der Waals surface area contributed by atoms with E-state index in [4.69, 9.17) is 9.84 Å². The molecule has 0 aromatic heterocycles. The van der Waals surface area contributed by atoms with Crippen molar-refractivity contribution in [2.45, 2.75) is 27.2 Å². The molecule has 0 saturated heterocycles. The molecule has 1 atom stereocenters. The van der Waals surface area contributed by atoms with Gasteiger partial charge in [0.1, 0.15) is 5.75 Å². The van der Waals surface area contributed by atoms with E-state index >= 15 is 0 Å². The van der Waals surface area contributed by atoms with Crippen LogP contribution in [-0.4, -0.2) is 30.1 Å². The second kappa shape index (κ2) is 8.29. The minimum Gasteiger partial charge on any atom is -0.484 e. The van der Waals surface area contributed by atoms with Gasteiger partial charge in [-0.2, -0.15) is 0 Å². The monoisotopic (exact) mass is 293 g/mol. The van der Waals surface area contributed by atoms with E-state index in [9.17, 15) is 9.59 Å². The van der Waals surface area contributed by atoms with Gasteiger partial charge in [-0.1, -0.05) is 32.0 Å². The maximum absolute atomic E-state index is 11.7. The summed E-state index contributed by atoms with van der Waals surface area (Å²) in [6, 6.07) is 7.42. The van der Waals surface area contributed by atoms with Crippen LogP contribution < -0.4 is 10.1 Å². The molecule has 0 aliphatic rings. The summed E-state index contributed by atoms with van der Waals surface area (Å²) in [6.07, 6.45) is 0.536. The molecule has 0 aliphatic heterocycles. The molecule has 1 unspecified atom stereocenters. The van der Waals surface area contributed by atoms with Crippen molar-refractivity contribution in [1.29, 1.82) is 0 Å². The topological polar surface area (TPSA) is 75.6 Å². The first kappa shape index (κ1) is 17.0. The molecular formula is C16H23NO4. The Bertz CT molecular complexity index is 485. The molecule has 0 saturated carbocycles. The van der Waals surface area contributed by atoms with Crippen molar-refractivity contribution in [3.63, 3.8) is 0 Å². The summed E-state index contributed by atoms with van der Waals surface area (Å²) in [7, 11) is 0. The number of aliphatic carboxylic acids is 1. The number of benzene rings is 1. The number of carbonyl (C=O) groups excluding carboxylic acids is 1. The van der Waals surface area contributed by atoms with Gasteiger partial charge in [0.2, 0.25) is 0 Å². The Hall–Kier alpha value is -2.04. The summed E-state index contributed by atoms with van der Waals surface area (Å²) in [6.45, 7) is 5.83. The Kier molecular flexibility index (Phi) is 6.72. The molecule has 0 heterocycles. The minimum atomic E-state index is -0.885. The minimum absolute atomic E-state index is 0.112. The van der Waals surface area contributed by atoms with Crippen molar-refractivity contribution in [2.24, 2.45) is 11.8 Å². The normalized spacial score (nSPS) is 12.0. The van der Waals surface area contributed by atoms with Crippen LogP contribution in [-0.2, 0) is 9.59 Å². The lowest BCUT2D eigenvalue weighted by Crippen LogP contribution is -2.36. The fourth-order valence-corrected chi connectivity index (χ4v) is 1.99. The molecule has 0 radical (unpaired) electrons. The molecule has 5 nitrogen and oxygen atoms in total. The van der Waals surface area contributed by atoms with Crippen molar-refractivity contribution in [3.8, 4) is 5.75 Å². The molecular weight excluding hydrogens is 270 g/mol. The molecule has 0 aliphatic carbocycles. The number of carbonyl (C=O) groups is 2. The van der Waals surface area contributed by atoms with Gasteiger partial charge in [0.15, 0.2) is 6.61 Å². The van der Waals surface area contributed by atoms with Gasteiger partial charge in [0, 0.05) is 6.54 Å². The van der Waals surface area contributed by atoms with Gasteiger partial charge < -0.3 is 15.2 Å². The Morgan fingerprint density at radius 1 is 1.29 bits per heavy atom. The van der Waals surface area contributed by atoms with E-state index in [-0.39, 0.29) is 25.0 Å². The average molecular weight is 293 g/mol. The Morgan fingerprint density at radius 2 is 1.95 bits per heavy atom. The lowest BCUT2D eigenvalue weighted by Gasteiger charge is -2.15. The van der Waals surface area contributed by atoms with Crippen LogP contribution in [0.4, 0.5) is 0 Å². The number of para-hydroxylation sites is 1. The summed E-state index contributed by atoms with van der Waals surface area (Å²) in [5.74, 6) is -0.833. The highest BCUT2D eigenvalue weighted by molar-refractivity contribution is 5.78. The zero-order valence-electron chi connectivity index (χ0n) is 12.8. The number of nitrogens with one attached hydrogen (secondary N) is 1. The van der Waals surface area contributed by atoms with Crippen LogP contribution in [0.25, 0.3) is 0 Å². The predicted octanol–water partition coefficient (Wildman–Crippen LogP) is 2.24. The lowest BCUT2D eigenvalue weighted by atomic mass is 9.97. The van der Waals surface area contributed by atoms with Crippen molar-refractivity contribution >= 4 is 11.9 Å². The van der Waals surface area contributed by atoms with E-state index < -0.39 is 11.9 Å². The number of aryl methyl sites for hydroxylation is 1. The third kappa shape index (κ3) is 6.29. The number of carboxylic acids is 1. The van der Waals surface area contributed by atoms with E-state index in [1.54, 1.807) is 6.07 Å². The standard InChI is InChI=1S/C16H23NO4/c1-11(2)8-13(16(19)20)9-17-15(18)10-21-14-7-5-4-6-12(14)3/h4-7,11,13H,8-10H2,1-3H3,(H,17,18)(H,19,20). The highest BCUT2D eigenvalue weighted by Crippen LogP contribution is 2.15. The molecule has 5 heteroatoms. The van der Waals surface area contributed by atoms with Crippen molar-refractivity contribution in [2.75, 3.05) is 13.2 Å². The largest absolute Gasteiger partial charge is 0.484 e. The molecule has 1 amide bonds. The fourth-order valence-electron chi connectivity index (χ4n) is 1.99. The summed E-state index contributed by atoms with van der Waals surface area (Å²) in [5, 5.41) is 11.7.